The van der Waals surface area contributed by atoms with Crippen LogP contribution in [0.4, 0.5) is 4.79 Å². The van der Waals surface area contributed by atoms with Gasteiger partial charge in [0, 0.05) is 6.54 Å². The second-order valence-electron chi connectivity index (χ2n) is 6.86. The maximum Gasteiger partial charge on any atom is 0.345 e. The number of hydrogen-bond donors (Lipinski definition) is 0. The number of rotatable bonds is 6. The van der Waals surface area contributed by atoms with Crippen LogP contribution in [-0.4, -0.2) is 40.6 Å². The van der Waals surface area contributed by atoms with Gasteiger partial charge in [-0.2, -0.15) is 5.06 Å². The lowest BCUT2D eigenvalue weighted by Gasteiger charge is -2.28. The molecule has 6 nitrogen and oxygen atoms in total. The van der Waals surface area contributed by atoms with Crippen LogP contribution in [0, 0.1) is 0 Å². The fourth-order valence-corrected chi connectivity index (χ4v) is 3.59. The molecule has 0 aromatic heterocycles. The number of piperidine rings is 1. The summed E-state index contributed by atoms with van der Waals surface area (Å²) in [6.07, 6.45) is 1.32. The van der Waals surface area contributed by atoms with Crippen LogP contribution in [0.3, 0.4) is 0 Å². The average Bonchev–Trinajstić information content (AvgIpc) is 2.96. The van der Waals surface area contributed by atoms with Crippen molar-refractivity contribution in [3.63, 3.8) is 0 Å². The summed E-state index contributed by atoms with van der Waals surface area (Å²) >= 11 is 0. The monoisotopic (exact) mass is 366 g/mol. The first kappa shape index (κ1) is 17.5. The van der Waals surface area contributed by atoms with Gasteiger partial charge in [-0.3, -0.25) is 4.84 Å². The van der Waals surface area contributed by atoms with E-state index >= 15 is 0 Å². The summed E-state index contributed by atoms with van der Waals surface area (Å²) in [5.74, 6) is -0.351. The smallest absolute Gasteiger partial charge is 0.345 e. The summed E-state index contributed by atoms with van der Waals surface area (Å²) in [6.45, 7) is 1.05. The molecule has 6 heteroatoms. The number of carbonyl (C=O) groups excluding carboxylic acids is 2. The molecule has 27 heavy (non-hydrogen) atoms. The van der Waals surface area contributed by atoms with Crippen molar-refractivity contribution in [1.82, 2.24) is 9.96 Å². The van der Waals surface area contributed by atoms with Crippen LogP contribution < -0.4 is 0 Å². The van der Waals surface area contributed by atoms with Gasteiger partial charge in [-0.25, -0.2) is 9.59 Å². The van der Waals surface area contributed by atoms with E-state index in [9.17, 15) is 9.59 Å². The fourth-order valence-electron chi connectivity index (χ4n) is 3.59. The number of fused-ring (bicyclic) bond motifs is 2. The van der Waals surface area contributed by atoms with Gasteiger partial charge in [0.2, 0.25) is 0 Å². The van der Waals surface area contributed by atoms with Gasteiger partial charge in [-0.15, -0.1) is 0 Å². The van der Waals surface area contributed by atoms with Crippen molar-refractivity contribution in [1.29, 1.82) is 0 Å². The number of benzene rings is 2. The van der Waals surface area contributed by atoms with Gasteiger partial charge < -0.3 is 9.64 Å². The summed E-state index contributed by atoms with van der Waals surface area (Å²) < 4.78 is 5.44. The zero-order chi connectivity index (χ0) is 18.6. The number of hydrogen-bond acceptors (Lipinski definition) is 4. The SMILES string of the molecule is O=C(OCc1ccccc1)[C@@H]1CC[C@@H]2CN1C(=O)N2OCc1ccccc1. The molecule has 2 atom stereocenters. The third kappa shape index (κ3) is 3.80. The molecule has 2 aliphatic heterocycles. The highest BCUT2D eigenvalue weighted by atomic mass is 16.7. The molecule has 2 fully saturated rings. The highest BCUT2D eigenvalue weighted by Gasteiger charge is 2.48. The molecule has 0 radical (unpaired) electrons. The normalized spacial score (nSPS) is 21.4. The second kappa shape index (κ2) is 7.80. The van der Waals surface area contributed by atoms with Crippen molar-refractivity contribution in [2.45, 2.75) is 38.1 Å². The van der Waals surface area contributed by atoms with Gasteiger partial charge in [0.1, 0.15) is 19.3 Å². The molecule has 2 amide bonds. The third-order valence-electron chi connectivity index (χ3n) is 5.03. The van der Waals surface area contributed by atoms with E-state index in [0.29, 0.717) is 19.6 Å². The van der Waals surface area contributed by atoms with Gasteiger partial charge >= 0.3 is 12.0 Å². The Kier molecular flexibility index (Phi) is 5.07. The van der Waals surface area contributed by atoms with Crippen LogP contribution in [0.2, 0.25) is 0 Å². The van der Waals surface area contributed by atoms with Crippen LogP contribution in [-0.2, 0) is 27.6 Å². The minimum Gasteiger partial charge on any atom is -0.459 e. The Morgan fingerprint density at radius 2 is 1.56 bits per heavy atom. The van der Waals surface area contributed by atoms with E-state index in [1.165, 1.54) is 5.06 Å². The highest BCUT2D eigenvalue weighted by molar-refractivity contribution is 5.85. The Labute approximate surface area is 158 Å². The predicted octanol–water partition coefficient (Wildman–Crippen LogP) is 3.13. The number of amides is 2. The minimum absolute atomic E-state index is 0.0145. The van der Waals surface area contributed by atoms with Crippen molar-refractivity contribution in [3.8, 4) is 0 Å². The van der Waals surface area contributed by atoms with E-state index in [2.05, 4.69) is 0 Å². The molecule has 2 heterocycles. The molecule has 2 saturated heterocycles. The van der Waals surface area contributed by atoms with Crippen LogP contribution in [0.1, 0.15) is 24.0 Å². The number of nitrogens with zero attached hydrogens (tertiary/aromatic N) is 2. The standard InChI is InChI=1S/C21H22N2O4/c24-20(26-14-16-7-3-1-4-8-16)19-12-11-18-13-22(19)21(25)23(18)27-15-17-9-5-2-6-10-17/h1-10,18-19H,11-15H2/t18-,19+/m1/s1. The minimum atomic E-state index is -0.539. The van der Waals surface area contributed by atoms with Gasteiger partial charge in [0.25, 0.3) is 0 Å². The number of urea groups is 1. The van der Waals surface area contributed by atoms with Gasteiger partial charge in [0.05, 0.1) is 6.04 Å². The molecule has 0 saturated carbocycles. The Morgan fingerprint density at radius 1 is 0.926 bits per heavy atom. The van der Waals surface area contributed by atoms with E-state index in [-0.39, 0.29) is 24.6 Å². The molecule has 0 spiro atoms. The Hall–Kier alpha value is -2.86. The molecular formula is C21H22N2O4. The molecule has 2 aromatic carbocycles. The Morgan fingerprint density at radius 3 is 2.22 bits per heavy atom. The molecule has 2 aromatic rings. The number of carbonyl (C=O) groups is 2. The molecule has 4 rings (SSSR count). The van der Waals surface area contributed by atoms with Crippen molar-refractivity contribution in [3.05, 3.63) is 71.8 Å². The van der Waals surface area contributed by atoms with Crippen molar-refractivity contribution >= 4 is 12.0 Å². The summed E-state index contributed by atoms with van der Waals surface area (Å²) in [5, 5.41) is 1.43. The summed E-state index contributed by atoms with van der Waals surface area (Å²) in [4.78, 5) is 32.6. The molecule has 2 aliphatic rings. The summed E-state index contributed by atoms with van der Waals surface area (Å²) in [7, 11) is 0. The van der Waals surface area contributed by atoms with Crippen molar-refractivity contribution in [2.24, 2.45) is 0 Å². The second-order valence-corrected chi connectivity index (χ2v) is 6.86. The van der Waals surface area contributed by atoms with Crippen LogP contribution in [0.15, 0.2) is 60.7 Å². The number of hydroxylamine groups is 2. The first-order chi connectivity index (χ1) is 13.2. The van der Waals surface area contributed by atoms with E-state index in [1.807, 2.05) is 60.7 Å². The van der Waals surface area contributed by atoms with Crippen LogP contribution >= 0.6 is 0 Å². The van der Waals surface area contributed by atoms with Gasteiger partial charge in [-0.1, -0.05) is 60.7 Å². The quantitative estimate of drug-likeness (QED) is 0.737. The molecule has 0 aliphatic carbocycles. The lowest BCUT2D eigenvalue weighted by molar-refractivity contribution is -0.151. The molecule has 2 bridgehead atoms. The fraction of sp³-hybridized carbons (Fsp3) is 0.333. The van der Waals surface area contributed by atoms with Crippen molar-refractivity contribution in [2.75, 3.05) is 6.54 Å². The predicted molar refractivity (Wildman–Crippen MR) is 98.2 cm³/mol. The van der Waals surface area contributed by atoms with E-state index in [1.54, 1.807) is 4.90 Å². The van der Waals surface area contributed by atoms with E-state index in [4.69, 9.17) is 9.57 Å². The topological polar surface area (TPSA) is 59.1 Å². The van der Waals surface area contributed by atoms with Gasteiger partial charge in [0.15, 0.2) is 0 Å². The zero-order valence-electron chi connectivity index (χ0n) is 15.0. The summed E-state index contributed by atoms with van der Waals surface area (Å²) in [5.41, 5.74) is 1.93. The van der Waals surface area contributed by atoms with Crippen molar-refractivity contribution < 1.29 is 19.2 Å². The summed E-state index contributed by atoms with van der Waals surface area (Å²) in [6, 6.07) is 18.4. The van der Waals surface area contributed by atoms with E-state index in [0.717, 1.165) is 17.5 Å². The average molecular weight is 366 g/mol. The largest absolute Gasteiger partial charge is 0.459 e. The number of esters is 1. The maximum absolute atomic E-state index is 12.7. The van der Waals surface area contributed by atoms with Crippen LogP contribution in [0.25, 0.3) is 0 Å². The lowest BCUT2D eigenvalue weighted by atomic mass is 10.0. The first-order valence-electron chi connectivity index (χ1n) is 9.19. The third-order valence-corrected chi connectivity index (χ3v) is 5.03. The molecular weight excluding hydrogens is 344 g/mol. The first-order valence-corrected chi connectivity index (χ1v) is 9.19. The Balaban J connectivity index is 1.35. The maximum atomic E-state index is 12.7. The molecule has 0 unspecified atom stereocenters. The van der Waals surface area contributed by atoms with E-state index < -0.39 is 6.04 Å². The number of ether oxygens (including phenoxy) is 1. The van der Waals surface area contributed by atoms with Crippen LogP contribution in [0.5, 0.6) is 0 Å². The molecule has 140 valence electrons. The molecule has 0 N–H and O–H groups in total. The lowest BCUT2D eigenvalue weighted by Crippen LogP contribution is -2.45. The Bertz CT molecular complexity index is 796. The highest BCUT2D eigenvalue weighted by Crippen LogP contribution is 2.31. The van der Waals surface area contributed by atoms with Gasteiger partial charge in [-0.05, 0) is 24.0 Å². The zero-order valence-corrected chi connectivity index (χ0v) is 15.0.